The number of nitrogens with zero attached hydrogens (tertiary/aromatic N) is 3. The van der Waals surface area contributed by atoms with Crippen LogP contribution in [0.25, 0.3) is 0 Å². The molecule has 1 amide bonds. The lowest BCUT2D eigenvalue weighted by atomic mass is 10.1. The van der Waals surface area contributed by atoms with Crippen LogP contribution in [0.1, 0.15) is 22.8 Å². The zero-order valence-corrected chi connectivity index (χ0v) is 14.0. The van der Waals surface area contributed by atoms with Crippen LogP contribution in [-0.4, -0.2) is 37.9 Å². The maximum absolute atomic E-state index is 14.2. The number of sulfonamides is 1. The second kappa shape index (κ2) is 8.31. The van der Waals surface area contributed by atoms with E-state index in [9.17, 15) is 17.6 Å². The molecule has 0 atom stereocenters. The van der Waals surface area contributed by atoms with Gasteiger partial charge in [-0.05, 0) is 25.8 Å². The molecule has 1 aromatic rings. The molecule has 130 valence electrons. The average Bonchev–Trinajstić information content (AvgIpc) is 2.51. The topological polar surface area (TPSA) is 117 Å². The van der Waals surface area contributed by atoms with Gasteiger partial charge in [0.2, 0.25) is 10.0 Å². The van der Waals surface area contributed by atoms with Gasteiger partial charge >= 0.3 is 0 Å². The molecular weight excluding hydrogens is 337 g/mol. The van der Waals surface area contributed by atoms with Gasteiger partial charge in [-0.15, -0.1) is 0 Å². The van der Waals surface area contributed by atoms with Gasteiger partial charge < -0.3 is 0 Å². The summed E-state index contributed by atoms with van der Waals surface area (Å²) in [6.45, 7) is 4.46. The Morgan fingerprint density at radius 2 is 2.17 bits per heavy atom. The lowest BCUT2D eigenvalue weighted by molar-refractivity contribution is 0.0953. The Labute approximate surface area is 139 Å². The fourth-order valence-corrected chi connectivity index (χ4v) is 2.75. The minimum atomic E-state index is -3.67. The van der Waals surface area contributed by atoms with Gasteiger partial charge in [0.05, 0.1) is 12.8 Å². The van der Waals surface area contributed by atoms with Crippen molar-refractivity contribution in [2.75, 3.05) is 6.26 Å². The minimum absolute atomic E-state index is 0.0265. The van der Waals surface area contributed by atoms with Crippen LogP contribution in [0.2, 0.25) is 0 Å². The Hall–Kier alpha value is -2.59. The van der Waals surface area contributed by atoms with E-state index in [2.05, 4.69) is 16.7 Å². The summed E-state index contributed by atoms with van der Waals surface area (Å²) in [5.41, 5.74) is 2.27. The first kappa shape index (κ1) is 19.5. The van der Waals surface area contributed by atoms with E-state index in [1.54, 1.807) is 0 Å². The van der Waals surface area contributed by atoms with Crippen molar-refractivity contribution in [2.24, 2.45) is 15.8 Å². The highest BCUT2D eigenvalue weighted by atomic mass is 32.2. The Balaban J connectivity index is 3.17. The molecule has 0 heterocycles. The number of hydrazine groups is 1. The fourth-order valence-electron chi connectivity index (χ4n) is 1.81. The summed E-state index contributed by atoms with van der Waals surface area (Å²) in [6, 6.07) is 3.65. The van der Waals surface area contributed by atoms with Crippen LogP contribution in [0.3, 0.4) is 0 Å². The van der Waals surface area contributed by atoms with Crippen molar-refractivity contribution >= 4 is 29.0 Å². The summed E-state index contributed by atoms with van der Waals surface area (Å²) < 4.78 is 39.0. The molecule has 1 rings (SSSR count). The van der Waals surface area contributed by atoms with E-state index in [4.69, 9.17) is 5.84 Å². The molecule has 0 aliphatic rings. The lowest BCUT2D eigenvalue weighted by Crippen LogP contribution is -2.30. The molecule has 0 unspecified atom stereocenters. The van der Waals surface area contributed by atoms with E-state index in [0.29, 0.717) is 0 Å². The van der Waals surface area contributed by atoms with Crippen molar-refractivity contribution in [3.63, 3.8) is 0 Å². The number of hydrogen-bond acceptors (Lipinski definition) is 5. The minimum Gasteiger partial charge on any atom is -0.290 e. The van der Waals surface area contributed by atoms with E-state index >= 15 is 0 Å². The van der Waals surface area contributed by atoms with E-state index in [1.165, 1.54) is 25.3 Å². The number of benzene rings is 1. The molecule has 0 fully saturated rings. The number of carbonyl (C=O) groups is 1. The third-order valence-electron chi connectivity index (χ3n) is 2.96. The van der Waals surface area contributed by atoms with Gasteiger partial charge in [-0.25, -0.2) is 23.6 Å². The molecule has 10 heteroatoms. The largest absolute Gasteiger partial charge is 0.290 e. The zero-order chi connectivity index (χ0) is 18.3. The van der Waals surface area contributed by atoms with Crippen LogP contribution in [0.15, 0.2) is 40.1 Å². The molecule has 24 heavy (non-hydrogen) atoms. The second-order valence-corrected chi connectivity index (χ2v) is 6.67. The number of nitrogen functional groups attached to an aromatic ring is 1. The summed E-state index contributed by atoms with van der Waals surface area (Å²) in [6.07, 6.45) is 3.41. The van der Waals surface area contributed by atoms with Crippen LogP contribution in [0.5, 0.6) is 0 Å². The number of hydrogen-bond donors (Lipinski definition) is 2. The average molecular weight is 355 g/mol. The van der Waals surface area contributed by atoms with Crippen molar-refractivity contribution in [3.05, 3.63) is 47.0 Å². The summed E-state index contributed by atoms with van der Waals surface area (Å²) >= 11 is 0. The number of carbonyl (C=O) groups excluding carboxylic acids is 1. The number of nitrogens with one attached hydrogen (secondary N) is 1. The van der Waals surface area contributed by atoms with Gasteiger partial charge in [-0.3, -0.25) is 19.5 Å². The summed E-state index contributed by atoms with van der Waals surface area (Å²) in [5, 5.41) is 0. The van der Waals surface area contributed by atoms with E-state index in [1.807, 2.05) is 5.43 Å². The first-order chi connectivity index (χ1) is 11.2. The van der Waals surface area contributed by atoms with Gasteiger partial charge in [-0.2, -0.15) is 0 Å². The monoisotopic (exact) mass is 355 g/mol. The molecule has 0 radical (unpaired) electrons. The molecule has 0 saturated carbocycles. The molecule has 0 bridgehead atoms. The van der Waals surface area contributed by atoms with Gasteiger partial charge in [0.1, 0.15) is 12.2 Å². The molecule has 3 N–H and O–H groups in total. The maximum atomic E-state index is 14.2. The fraction of sp³-hybridized carbons (Fsp3) is 0.214. The van der Waals surface area contributed by atoms with Crippen molar-refractivity contribution in [3.8, 4) is 0 Å². The number of rotatable bonds is 7. The predicted octanol–water partition coefficient (Wildman–Crippen LogP) is 0.781. The number of nitrogens with two attached hydrogens (primary N) is 1. The molecule has 0 aliphatic heterocycles. The molecule has 8 nitrogen and oxygen atoms in total. The second-order valence-electron chi connectivity index (χ2n) is 4.77. The first-order valence-electron chi connectivity index (χ1n) is 6.62. The molecule has 0 aliphatic carbocycles. The van der Waals surface area contributed by atoms with Gasteiger partial charge in [0, 0.05) is 23.0 Å². The third kappa shape index (κ3) is 5.25. The van der Waals surface area contributed by atoms with Gasteiger partial charge in [-0.1, -0.05) is 6.07 Å². The quantitative estimate of drug-likeness (QED) is 0.247. The van der Waals surface area contributed by atoms with Gasteiger partial charge in [0.15, 0.2) is 0 Å². The van der Waals surface area contributed by atoms with E-state index in [-0.39, 0.29) is 23.4 Å². The number of aliphatic imine (C=N–C) groups is 2. The number of halogens is 1. The summed E-state index contributed by atoms with van der Waals surface area (Å²) in [5.74, 6) is 3.61. The smallest absolute Gasteiger partial charge is 0.265 e. The van der Waals surface area contributed by atoms with Crippen LogP contribution in [0, 0.1) is 5.82 Å². The molecule has 1 aromatic carbocycles. The van der Waals surface area contributed by atoms with Crippen LogP contribution in [-0.2, 0) is 16.6 Å². The van der Waals surface area contributed by atoms with Crippen molar-refractivity contribution < 1.29 is 17.6 Å². The molecule has 0 aromatic heterocycles. The van der Waals surface area contributed by atoms with E-state index < -0.39 is 21.7 Å². The SMILES string of the molecule is C=NC=N/C=C(\C)N(Cc1ccc(C(=O)NN)cc1F)S(C)(=O)=O. The highest BCUT2D eigenvalue weighted by molar-refractivity contribution is 7.88. The molecule has 0 saturated heterocycles. The Morgan fingerprint density at radius 3 is 2.67 bits per heavy atom. The Morgan fingerprint density at radius 1 is 1.50 bits per heavy atom. The number of allylic oxidation sites excluding steroid dienone is 1. The van der Waals surface area contributed by atoms with Crippen LogP contribution < -0.4 is 11.3 Å². The maximum Gasteiger partial charge on any atom is 0.265 e. The highest BCUT2D eigenvalue weighted by Gasteiger charge is 2.20. The normalized spacial score (nSPS) is 12.2. The highest BCUT2D eigenvalue weighted by Crippen LogP contribution is 2.18. The lowest BCUT2D eigenvalue weighted by Gasteiger charge is -2.23. The summed E-state index contributed by atoms with van der Waals surface area (Å²) in [7, 11) is -3.67. The zero-order valence-electron chi connectivity index (χ0n) is 13.2. The van der Waals surface area contributed by atoms with Crippen LogP contribution >= 0.6 is 0 Å². The van der Waals surface area contributed by atoms with Crippen LogP contribution in [0.4, 0.5) is 4.39 Å². The Bertz CT molecular complexity index is 790. The van der Waals surface area contributed by atoms with Gasteiger partial charge in [0.25, 0.3) is 5.91 Å². The standard InChI is InChI=1S/C14H18FN5O3S/c1-10(7-18-9-17-2)20(24(3,22)23)8-12-5-4-11(6-13(12)15)14(21)19-16/h4-7,9H,2,8,16H2,1,3H3,(H,19,21)/b10-7+,18-9?. The molecule has 0 spiro atoms. The third-order valence-corrected chi connectivity index (χ3v) is 4.18. The summed E-state index contributed by atoms with van der Waals surface area (Å²) in [4.78, 5) is 18.5. The first-order valence-corrected chi connectivity index (χ1v) is 8.47. The predicted molar refractivity (Wildman–Crippen MR) is 90.2 cm³/mol. The number of amides is 1. The van der Waals surface area contributed by atoms with Crippen molar-refractivity contribution in [1.29, 1.82) is 0 Å². The van der Waals surface area contributed by atoms with E-state index in [0.717, 1.165) is 23.0 Å². The van der Waals surface area contributed by atoms with Crippen molar-refractivity contribution in [1.82, 2.24) is 9.73 Å². The Kier molecular flexibility index (Phi) is 6.74. The van der Waals surface area contributed by atoms with Crippen molar-refractivity contribution in [2.45, 2.75) is 13.5 Å². The molecular formula is C14H18FN5O3S.